The Balaban J connectivity index is 0.000000847. The smallest absolute Gasteiger partial charge is 0.255 e. The van der Waals surface area contributed by atoms with Gasteiger partial charge in [-0.1, -0.05) is 19.9 Å². The Bertz CT molecular complexity index is 764. The molecule has 0 N–H and O–H groups in total. The van der Waals surface area contributed by atoms with Crippen LogP contribution in [0.25, 0.3) is 17.0 Å². The van der Waals surface area contributed by atoms with Crippen LogP contribution in [0.3, 0.4) is 0 Å². The molecular weight excluding hydrogens is 293 g/mol. The van der Waals surface area contributed by atoms with E-state index in [-0.39, 0.29) is 0 Å². The van der Waals surface area contributed by atoms with Crippen LogP contribution in [0.5, 0.6) is 0 Å². The number of alkyl halides is 3. The topological polar surface area (TPSA) is 43.1 Å². The minimum absolute atomic E-state index is 0.388. The molecule has 3 aromatic heterocycles. The van der Waals surface area contributed by atoms with Gasteiger partial charge in [-0.2, -0.15) is 18.3 Å². The molecule has 0 saturated heterocycles. The van der Waals surface area contributed by atoms with Gasteiger partial charge in [-0.25, -0.2) is 9.50 Å². The van der Waals surface area contributed by atoms with Crippen molar-refractivity contribution in [2.24, 2.45) is 0 Å². The summed E-state index contributed by atoms with van der Waals surface area (Å²) in [5, 5.41) is 4.15. The lowest BCUT2D eigenvalue weighted by Crippen LogP contribution is -2.07. The van der Waals surface area contributed by atoms with E-state index in [1.165, 1.54) is 0 Å². The highest BCUT2D eigenvalue weighted by atomic mass is 19.4. The molecule has 0 fully saturated rings. The van der Waals surface area contributed by atoms with Crippen LogP contribution in [-0.2, 0) is 6.18 Å². The van der Waals surface area contributed by atoms with Gasteiger partial charge in [0.25, 0.3) is 0 Å². The highest BCUT2D eigenvalue weighted by Crippen LogP contribution is 2.30. The fourth-order valence-corrected chi connectivity index (χ4v) is 1.94. The van der Waals surface area contributed by atoms with Gasteiger partial charge in [0.1, 0.15) is 5.69 Å². The second kappa shape index (κ2) is 6.13. The SMILES string of the molecule is CC.Cc1c(-c2ccccn2)nn2cc(C(F)(F)F)cnc12. The standard InChI is InChI=1S/C13H9F3N4.C2H6/c1-8-11(10-4-2-3-5-17-10)19-20-7-9(13(14,15)16)6-18-12(8)20;1-2/h2-7H,1H3;1-2H3. The normalized spacial score (nSPS) is 11.2. The average molecular weight is 308 g/mol. The molecule has 0 aliphatic rings. The minimum Gasteiger partial charge on any atom is -0.255 e. The number of rotatable bonds is 1. The molecule has 0 aromatic carbocycles. The Morgan fingerprint density at radius 2 is 1.82 bits per heavy atom. The monoisotopic (exact) mass is 308 g/mol. The number of nitrogens with zero attached hydrogens (tertiary/aromatic N) is 4. The Kier molecular flexibility index (Phi) is 4.44. The van der Waals surface area contributed by atoms with Crippen molar-refractivity contribution in [3.05, 3.63) is 47.9 Å². The van der Waals surface area contributed by atoms with Crippen molar-refractivity contribution >= 4 is 5.65 Å². The van der Waals surface area contributed by atoms with Gasteiger partial charge in [0.05, 0.1) is 11.3 Å². The fraction of sp³-hybridized carbons (Fsp3) is 0.267. The Morgan fingerprint density at radius 1 is 1.09 bits per heavy atom. The van der Waals surface area contributed by atoms with Crippen LogP contribution in [0.1, 0.15) is 25.0 Å². The maximum Gasteiger partial charge on any atom is 0.419 e. The average Bonchev–Trinajstić information content (AvgIpc) is 2.86. The number of hydrogen-bond acceptors (Lipinski definition) is 3. The van der Waals surface area contributed by atoms with Gasteiger partial charge in [0.15, 0.2) is 5.65 Å². The second-order valence-electron chi connectivity index (χ2n) is 4.30. The van der Waals surface area contributed by atoms with E-state index in [2.05, 4.69) is 15.1 Å². The molecule has 116 valence electrons. The molecule has 3 aromatic rings. The Labute approximate surface area is 125 Å². The molecule has 3 rings (SSSR count). The molecule has 3 heterocycles. The third-order valence-corrected chi connectivity index (χ3v) is 2.94. The van der Waals surface area contributed by atoms with E-state index >= 15 is 0 Å². The van der Waals surface area contributed by atoms with E-state index in [0.29, 0.717) is 22.6 Å². The van der Waals surface area contributed by atoms with Gasteiger partial charge in [-0.3, -0.25) is 4.98 Å². The molecule has 0 amide bonds. The molecule has 0 bridgehead atoms. The van der Waals surface area contributed by atoms with Crippen molar-refractivity contribution < 1.29 is 13.2 Å². The largest absolute Gasteiger partial charge is 0.419 e. The first-order valence-corrected chi connectivity index (χ1v) is 6.80. The van der Waals surface area contributed by atoms with E-state index in [1.54, 1.807) is 31.3 Å². The van der Waals surface area contributed by atoms with Gasteiger partial charge >= 0.3 is 6.18 Å². The molecule has 0 aliphatic carbocycles. The zero-order valence-corrected chi connectivity index (χ0v) is 12.4. The number of pyridine rings is 1. The summed E-state index contributed by atoms with van der Waals surface area (Å²) in [7, 11) is 0. The van der Waals surface area contributed by atoms with Gasteiger partial charge in [0.2, 0.25) is 0 Å². The molecule has 0 spiro atoms. The van der Waals surface area contributed by atoms with Crippen LogP contribution in [0.4, 0.5) is 13.2 Å². The maximum absolute atomic E-state index is 12.7. The summed E-state index contributed by atoms with van der Waals surface area (Å²) in [5.41, 5.74) is 1.37. The van der Waals surface area contributed by atoms with Crippen molar-refractivity contribution in [1.29, 1.82) is 0 Å². The van der Waals surface area contributed by atoms with Crippen LogP contribution in [0.15, 0.2) is 36.8 Å². The summed E-state index contributed by atoms with van der Waals surface area (Å²) in [5.74, 6) is 0. The molecule has 22 heavy (non-hydrogen) atoms. The summed E-state index contributed by atoms with van der Waals surface area (Å²) in [6.45, 7) is 5.76. The second-order valence-corrected chi connectivity index (χ2v) is 4.30. The molecule has 4 nitrogen and oxygen atoms in total. The van der Waals surface area contributed by atoms with E-state index in [1.807, 2.05) is 13.8 Å². The number of fused-ring (bicyclic) bond motifs is 1. The van der Waals surface area contributed by atoms with Gasteiger partial charge in [-0.05, 0) is 19.1 Å². The molecule has 0 saturated carbocycles. The Morgan fingerprint density at radius 3 is 2.41 bits per heavy atom. The van der Waals surface area contributed by atoms with Crippen molar-refractivity contribution in [2.45, 2.75) is 26.9 Å². The number of hydrogen-bond donors (Lipinski definition) is 0. The Hall–Kier alpha value is -2.44. The van der Waals surface area contributed by atoms with E-state index in [0.717, 1.165) is 16.9 Å². The van der Waals surface area contributed by atoms with Crippen LogP contribution < -0.4 is 0 Å². The van der Waals surface area contributed by atoms with Crippen LogP contribution >= 0.6 is 0 Å². The van der Waals surface area contributed by atoms with Crippen LogP contribution in [0.2, 0.25) is 0 Å². The van der Waals surface area contributed by atoms with E-state index in [4.69, 9.17) is 0 Å². The number of halogens is 3. The summed E-state index contributed by atoms with van der Waals surface area (Å²) < 4.78 is 39.1. The molecule has 0 aliphatic heterocycles. The molecule has 0 unspecified atom stereocenters. The van der Waals surface area contributed by atoms with E-state index in [9.17, 15) is 13.2 Å². The maximum atomic E-state index is 12.7. The van der Waals surface area contributed by atoms with E-state index < -0.39 is 11.7 Å². The quantitative estimate of drug-likeness (QED) is 0.678. The third kappa shape index (κ3) is 2.93. The molecular formula is C15H15F3N4. The predicted molar refractivity (Wildman–Crippen MR) is 77.3 cm³/mol. The lowest BCUT2D eigenvalue weighted by Gasteiger charge is -2.05. The van der Waals surface area contributed by atoms with Crippen molar-refractivity contribution in [3.8, 4) is 11.4 Å². The molecule has 7 heteroatoms. The summed E-state index contributed by atoms with van der Waals surface area (Å²) >= 11 is 0. The molecule has 0 atom stereocenters. The highest BCUT2D eigenvalue weighted by Gasteiger charge is 2.32. The zero-order valence-electron chi connectivity index (χ0n) is 12.4. The lowest BCUT2D eigenvalue weighted by atomic mass is 10.2. The summed E-state index contributed by atoms with van der Waals surface area (Å²) in [6.07, 6.45) is -1.09. The first-order valence-electron chi connectivity index (χ1n) is 6.80. The highest BCUT2D eigenvalue weighted by molar-refractivity contribution is 5.67. The van der Waals surface area contributed by atoms with Crippen LogP contribution in [-0.4, -0.2) is 19.6 Å². The van der Waals surface area contributed by atoms with Gasteiger partial charge in [0, 0.05) is 24.2 Å². The predicted octanol–water partition coefficient (Wildman–Crippen LogP) is 4.14. The van der Waals surface area contributed by atoms with Crippen molar-refractivity contribution in [2.75, 3.05) is 0 Å². The van der Waals surface area contributed by atoms with Crippen molar-refractivity contribution in [3.63, 3.8) is 0 Å². The summed E-state index contributed by atoms with van der Waals surface area (Å²) in [4.78, 5) is 8.00. The summed E-state index contributed by atoms with van der Waals surface area (Å²) in [6, 6.07) is 5.30. The van der Waals surface area contributed by atoms with Crippen LogP contribution in [0, 0.1) is 6.92 Å². The first kappa shape index (κ1) is 15.9. The first-order chi connectivity index (χ1) is 10.5. The van der Waals surface area contributed by atoms with Gasteiger partial charge < -0.3 is 0 Å². The van der Waals surface area contributed by atoms with Crippen molar-refractivity contribution in [1.82, 2.24) is 19.6 Å². The lowest BCUT2D eigenvalue weighted by molar-refractivity contribution is -0.138. The van der Waals surface area contributed by atoms with Gasteiger partial charge in [-0.15, -0.1) is 0 Å². The molecule has 0 radical (unpaired) electrons. The minimum atomic E-state index is -4.44. The number of aromatic nitrogens is 4. The zero-order chi connectivity index (χ0) is 16.3. The fourth-order valence-electron chi connectivity index (χ4n) is 1.94. The third-order valence-electron chi connectivity index (χ3n) is 2.94. The number of aryl methyl sites for hydroxylation is 1.